The van der Waals surface area contributed by atoms with Crippen LogP contribution in [0.1, 0.15) is 11.3 Å². The third-order valence-electron chi connectivity index (χ3n) is 3.82. The summed E-state index contributed by atoms with van der Waals surface area (Å²) in [7, 11) is 1.87. The van der Waals surface area contributed by atoms with Gasteiger partial charge in [0.1, 0.15) is 0 Å². The Morgan fingerprint density at radius 3 is 2.48 bits per heavy atom. The molecule has 0 bridgehead atoms. The highest BCUT2D eigenvalue weighted by molar-refractivity contribution is 9.10. The first-order valence-corrected chi connectivity index (χ1v) is 8.49. The molecule has 0 unspecified atom stereocenters. The van der Waals surface area contributed by atoms with Gasteiger partial charge in [-0.25, -0.2) is 0 Å². The lowest BCUT2D eigenvalue weighted by Crippen LogP contribution is -1.99. The van der Waals surface area contributed by atoms with E-state index in [1.54, 1.807) is 10.9 Å². The summed E-state index contributed by atoms with van der Waals surface area (Å²) >= 11 is 3.40. The molecule has 0 amide bonds. The molecule has 25 heavy (non-hydrogen) atoms. The SMILES string of the molecule is Cc1nn(C)cc1-c1nnc(-c2ccc(Cn3cc(Br)cn3)cc2)o1. The Bertz CT molecular complexity index is 1010. The van der Waals surface area contributed by atoms with Gasteiger partial charge >= 0.3 is 0 Å². The van der Waals surface area contributed by atoms with Crippen LogP contribution in [0.3, 0.4) is 0 Å². The molecule has 0 aliphatic heterocycles. The molecule has 0 spiro atoms. The average Bonchev–Trinajstić information content (AvgIpc) is 3.29. The highest BCUT2D eigenvalue weighted by Gasteiger charge is 2.14. The van der Waals surface area contributed by atoms with E-state index in [1.807, 2.05) is 55.3 Å². The van der Waals surface area contributed by atoms with Gasteiger partial charge in [0.2, 0.25) is 5.89 Å². The number of hydrogen-bond donors (Lipinski definition) is 0. The summed E-state index contributed by atoms with van der Waals surface area (Å²) < 4.78 is 10.4. The molecule has 0 saturated heterocycles. The molecule has 0 atom stereocenters. The van der Waals surface area contributed by atoms with Gasteiger partial charge < -0.3 is 4.42 Å². The van der Waals surface area contributed by atoms with Gasteiger partial charge in [0.25, 0.3) is 5.89 Å². The van der Waals surface area contributed by atoms with E-state index in [1.165, 1.54) is 0 Å². The van der Waals surface area contributed by atoms with Crippen LogP contribution >= 0.6 is 15.9 Å². The Balaban J connectivity index is 1.55. The van der Waals surface area contributed by atoms with E-state index < -0.39 is 0 Å². The van der Waals surface area contributed by atoms with Crippen LogP contribution in [-0.4, -0.2) is 29.8 Å². The lowest BCUT2D eigenvalue weighted by atomic mass is 10.1. The highest BCUT2D eigenvalue weighted by atomic mass is 79.9. The largest absolute Gasteiger partial charge is 0.416 e. The molecule has 0 saturated carbocycles. The lowest BCUT2D eigenvalue weighted by molar-refractivity contribution is 0.584. The Morgan fingerprint density at radius 1 is 1.08 bits per heavy atom. The molecule has 8 heteroatoms. The fourth-order valence-electron chi connectivity index (χ4n) is 2.62. The first-order valence-electron chi connectivity index (χ1n) is 7.70. The van der Waals surface area contributed by atoms with Crippen LogP contribution < -0.4 is 0 Å². The number of halogens is 1. The lowest BCUT2D eigenvalue weighted by Gasteiger charge is -2.02. The van der Waals surface area contributed by atoms with Gasteiger partial charge in [0.05, 0.1) is 28.5 Å². The van der Waals surface area contributed by atoms with Crippen LogP contribution in [0.5, 0.6) is 0 Å². The highest BCUT2D eigenvalue weighted by Crippen LogP contribution is 2.25. The summed E-state index contributed by atoms with van der Waals surface area (Å²) in [6.45, 7) is 2.62. The topological polar surface area (TPSA) is 74.6 Å². The van der Waals surface area contributed by atoms with E-state index in [-0.39, 0.29) is 0 Å². The van der Waals surface area contributed by atoms with Gasteiger partial charge in [-0.05, 0) is 40.5 Å². The van der Waals surface area contributed by atoms with Crippen LogP contribution in [0, 0.1) is 6.92 Å². The van der Waals surface area contributed by atoms with Gasteiger partial charge in [0.15, 0.2) is 0 Å². The molecule has 3 heterocycles. The number of aromatic nitrogens is 6. The fraction of sp³-hybridized carbons (Fsp3) is 0.176. The van der Waals surface area contributed by atoms with Crippen molar-refractivity contribution >= 4 is 15.9 Å². The van der Waals surface area contributed by atoms with Crippen LogP contribution in [0.2, 0.25) is 0 Å². The van der Waals surface area contributed by atoms with Crippen molar-refractivity contribution < 1.29 is 4.42 Å². The number of benzene rings is 1. The molecule has 0 fully saturated rings. The fourth-order valence-corrected chi connectivity index (χ4v) is 2.95. The zero-order chi connectivity index (χ0) is 17.4. The molecule has 1 aromatic carbocycles. The van der Waals surface area contributed by atoms with Crippen LogP contribution in [0.15, 0.2) is 51.7 Å². The summed E-state index contributed by atoms with van der Waals surface area (Å²) in [6.07, 6.45) is 5.58. The predicted octanol–water partition coefficient (Wildman–Crippen LogP) is 3.45. The third kappa shape index (κ3) is 3.25. The standard InChI is InChI=1S/C17H15BrN6O/c1-11-15(10-23(2)22-11)17-21-20-16(25-17)13-5-3-12(4-6-13)8-24-9-14(18)7-19-24/h3-7,9-10H,8H2,1-2H3. The van der Waals surface area contributed by atoms with E-state index in [0.29, 0.717) is 18.3 Å². The predicted molar refractivity (Wildman–Crippen MR) is 95.7 cm³/mol. The third-order valence-corrected chi connectivity index (χ3v) is 4.23. The maximum absolute atomic E-state index is 5.81. The quantitative estimate of drug-likeness (QED) is 0.526. The first kappa shape index (κ1) is 15.8. The summed E-state index contributed by atoms with van der Waals surface area (Å²) in [5.74, 6) is 0.970. The number of hydrogen-bond acceptors (Lipinski definition) is 5. The van der Waals surface area contributed by atoms with Gasteiger partial charge in [0, 0.05) is 25.0 Å². The van der Waals surface area contributed by atoms with Gasteiger partial charge in [-0.15, -0.1) is 10.2 Å². The molecule has 0 radical (unpaired) electrons. The van der Waals surface area contributed by atoms with E-state index >= 15 is 0 Å². The molecule has 126 valence electrons. The normalized spacial score (nSPS) is 11.2. The summed E-state index contributed by atoms with van der Waals surface area (Å²) in [6, 6.07) is 8.01. The van der Waals surface area contributed by atoms with Crippen molar-refractivity contribution in [2.24, 2.45) is 7.05 Å². The summed E-state index contributed by atoms with van der Waals surface area (Å²) in [5, 5.41) is 16.9. The minimum absolute atomic E-state index is 0.478. The van der Waals surface area contributed by atoms with Crippen molar-refractivity contribution in [3.8, 4) is 22.9 Å². The molecular weight excluding hydrogens is 384 g/mol. The second-order valence-corrected chi connectivity index (χ2v) is 6.68. The van der Waals surface area contributed by atoms with Gasteiger partial charge in [-0.2, -0.15) is 10.2 Å². The second-order valence-electron chi connectivity index (χ2n) is 5.77. The van der Waals surface area contributed by atoms with Gasteiger partial charge in [-0.1, -0.05) is 12.1 Å². The maximum atomic E-state index is 5.81. The Morgan fingerprint density at radius 2 is 1.84 bits per heavy atom. The zero-order valence-electron chi connectivity index (χ0n) is 13.7. The van der Waals surface area contributed by atoms with Crippen molar-refractivity contribution in [1.29, 1.82) is 0 Å². The van der Waals surface area contributed by atoms with Crippen molar-refractivity contribution in [2.45, 2.75) is 13.5 Å². The Labute approximate surface area is 152 Å². The van der Waals surface area contributed by atoms with E-state index in [0.717, 1.165) is 26.9 Å². The summed E-state index contributed by atoms with van der Waals surface area (Å²) in [5.41, 5.74) is 3.73. The molecule has 4 rings (SSSR count). The molecule has 0 aliphatic carbocycles. The summed E-state index contributed by atoms with van der Waals surface area (Å²) in [4.78, 5) is 0. The second kappa shape index (κ2) is 6.29. The zero-order valence-corrected chi connectivity index (χ0v) is 15.3. The monoisotopic (exact) mass is 398 g/mol. The Hall–Kier alpha value is -2.74. The van der Waals surface area contributed by atoms with E-state index in [4.69, 9.17) is 4.42 Å². The maximum Gasteiger partial charge on any atom is 0.251 e. The van der Waals surface area contributed by atoms with Crippen LogP contribution in [-0.2, 0) is 13.6 Å². The Kier molecular flexibility index (Phi) is 3.96. The van der Waals surface area contributed by atoms with Crippen molar-refractivity contribution in [1.82, 2.24) is 29.8 Å². The van der Waals surface area contributed by atoms with E-state index in [9.17, 15) is 0 Å². The molecule has 0 aliphatic rings. The molecule has 3 aromatic heterocycles. The van der Waals surface area contributed by atoms with Crippen molar-refractivity contribution in [3.63, 3.8) is 0 Å². The minimum atomic E-state index is 0.478. The molecular formula is C17H15BrN6O. The number of rotatable bonds is 4. The van der Waals surface area contributed by atoms with Crippen molar-refractivity contribution in [2.75, 3.05) is 0 Å². The minimum Gasteiger partial charge on any atom is -0.416 e. The average molecular weight is 399 g/mol. The number of aryl methyl sites for hydroxylation is 2. The smallest absolute Gasteiger partial charge is 0.251 e. The van der Waals surface area contributed by atoms with Crippen LogP contribution in [0.25, 0.3) is 22.9 Å². The number of nitrogens with zero attached hydrogens (tertiary/aromatic N) is 6. The van der Waals surface area contributed by atoms with Crippen molar-refractivity contribution in [3.05, 3.63) is 58.6 Å². The van der Waals surface area contributed by atoms with Gasteiger partial charge in [-0.3, -0.25) is 9.36 Å². The molecule has 0 N–H and O–H groups in total. The molecule has 4 aromatic rings. The molecule has 7 nitrogen and oxygen atoms in total. The van der Waals surface area contributed by atoms with E-state index in [2.05, 4.69) is 36.3 Å². The van der Waals surface area contributed by atoms with Crippen LogP contribution in [0.4, 0.5) is 0 Å². The first-order chi connectivity index (χ1) is 12.1.